The lowest BCUT2D eigenvalue weighted by molar-refractivity contribution is -0.384. The third-order valence-corrected chi connectivity index (χ3v) is 6.41. The van der Waals surface area contributed by atoms with E-state index in [0.29, 0.717) is 22.4 Å². The van der Waals surface area contributed by atoms with E-state index in [9.17, 15) is 18.5 Å². The van der Waals surface area contributed by atoms with E-state index in [1.54, 1.807) is 24.3 Å². The second-order valence-corrected chi connectivity index (χ2v) is 8.69. The molecule has 0 saturated heterocycles. The topological polar surface area (TPSA) is 89.8 Å². The van der Waals surface area contributed by atoms with E-state index in [0.717, 1.165) is 5.39 Å². The van der Waals surface area contributed by atoms with Gasteiger partial charge in [-0.25, -0.2) is 8.42 Å². The van der Waals surface area contributed by atoms with Gasteiger partial charge in [-0.2, -0.15) is 0 Å². The van der Waals surface area contributed by atoms with Crippen LogP contribution >= 0.6 is 0 Å². The van der Waals surface area contributed by atoms with E-state index in [4.69, 9.17) is 4.74 Å². The molecule has 0 radical (unpaired) electrons. The fraction of sp³-hybridized carbons (Fsp3) is 0.200. The van der Waals surface area contributed by atoms with E-state index in [1.165, 1.54) is 22.5 Å². The summed E-state index contributed by atoms with van der Waals surface area (Å²) in [7, 11) is -3.77. The van der Waals surface area contributed by atoms with Gasteiger partial charge in [0.2, 0.25) is 0 Å². The summed E-state index contributed by atoms with van der Waals surface area (Å²) in [4.78, 5) is 11.0. The molecule has 1 heterocycles. The molecule has 0 atom stereocenters. The lowest BCUT2D eigenvalue weighted by Gasteiger charge is -2.21. The largest absolute Gasteiger partial charge is 0.491 e. The summed E-state index contributed by atoms with van der Waals surface area (Å²) in [5.74, 6) is 0.430. The zero-order chi connectivity index (χ0) is 20.1. The van der Waals surface area contributed by atoms with Gasteiger partial charge in [0.15, 0.2) is 0 Å². The first-order valence-corrected chi connectivity index (χ1v) is 10.2. The van der Waals surface area contributed by atoms with Gasteiger partial charge in [-0.15, -0.1) is 0 Å². The van der Waals surface area contributed by atoms with Gasteiger partial charge in [0.05, 0.1) is 28.2 Å². The number of nitrogens with zero attached hydrogens (tertiary/aromatic N) is 2. The molecule has 0 amide bonds. The summed E-state index contributed by atoms with van der Waals surface area (Å²) >= 11 is 0. The Morgan fingerprint density at radius 3 is 2.50 bits per heavy atom. The Morgan fingerprint density at radius 2 is 1.82 bits per heavy atom. The van der Waals surface area contributed by atoms with Gasteiger partial charge in [-0.3, -0.25) is 14.4 Å². The van der Waals surface area contributed by atoms with Crippen molar-refractivity contribution in [1.29, 1.82) is 0 Å². The third-order valence-electron chi connectivity index (χ3n) is 4.61. The van der Waals surface area contributed by atoms with Crippen LogP contribution in [0.15, 0.2) is 59.5 Å². The van der Waals surface area contributed by atoms with Gasteiger partial charge >= 0.3 is 0 Å². The van der Waals surface area contributed by atoms with Crippen LogP contribution in [0.3, 0.4) is 0 Å². The van der Waals surface area contributed by atoms with E-state index in [-0.39, 0.29) is 23.2 Å². The summed E-state index contributed by atoms with van der Waals surface area (Å²) in [5.41, 5.74) is 0.893. The molecule has 0 fully saturated rings. The molecule has 0 N–H and O–H groups in total. The molecule has 7 nitrogen and oxygen atoms in total. The Kier molecular flexibility index (Phi) is 4.23. The fourth-order valence-electron chi connectivity index (χ4n) is 3.46. The highest BCUT2D eigenvalue weighted by molar-refractivity contribution is 7.93. The van der Waals surface area contributed by atoms with Crippen LogP contribution in [-0.2, 0) is 16.6 Å². The summed E-state index contributed by atoms with van der Waals surface area (Å²) in [6.07, 6.45) is -0.156. The highest BCUT2D eigenvalue weighted by Crippen LogP contribution is 2.43. The predicted molar refractivity (Wildman–Crippen MR) is 106 cm³/mol. The Morgan fingerprint density at radius 1 is 1.11 bits per heavy atom. The van der Waals surface area contributed by atoms with Gasteiger partial charge in [0, 0.05) is 23.1 Å². The van der Waals surface area contributed by atoms with E-state index < -0.39 is 14.9 Å². The van der Waals surface area contributed by atoms with Crippen molar-refractivity contribution in [2.75, 3.05) is 4.31 Å². The van der Waals surface area contributed by atoms with Crippen LogP contribution in [0, 0.1) is 10.1 Å². The van der Waals surface area contributed by atoms with Gasteiger partial charge in [0.25, 0.3) is 15.7 Å². The SMILES string of the molecule is CC(C)Oc1ccc([N+](=O)[O-])cc1CN1c2cccc3cccc(c23)S1(=O)=O. The molecule has 1 aliphatic rings. The minimum atomic E-state index is -3.77. The highest BCUT2D eigenvalue weighted by Gasteiger charge is 2.36. The fourth-order valence-corrected chi connectivity index (χ4v) is 5.14. The minimum Gasteiger partial charge on any atom is -0.491 e. The maximum atomic E-state index is 13.2. The second kappa shape index (κ2) is 6.49. The van der Waals surface area contributed by atoms with Gasteiger partial charge in [0.1, 0.15) is 5.75 Å². The first-order chi connectivity index (χ1) is 13.3. The van der Waals surface area contributed by atoms with Crippen LogP contribution in [-0.4, -0.2) is 19.4 Å². The minimum absolute atomic E-state index is 0.0557. The predicted octanol–water partition coefficient (Wildman–Crippen LogP) is 4.24. The lowest BCUT2D eigenvalue weighted by atomic mass is 10.1. The second-order valence-electron chi connectivity index (χ2n) is 6.86. The van der Waals surface area contributed by atoms with Crippen LogP contribution in [0.5, 0.6) is 5.75 Å². The third kappa shape index (κ3) is 2.86. The molecule has 0 unspecified atom stereocenters. The van der Waals surface area contributed by atoms with Crippen LogP contribution in [0.4, 0.5) is 11.4 Å². The monoisotopic (exact) mass is 398 g/mol. The number of rotatable bonds is 5. The molecule has 0 saturated carbocycles. The van der Waals surface area contributed by atoms with Crippen LogP contribution in [0.25, 0.3) is 10.8 Å². The molecule has 0 aliphatic carbocycles. The Bertz CT molecular complexity index is 1200. The number of hydrogen-bond acceptors (Lipinski definition) is 5. The van der Waals surface area contributed by atoms with Crippen molar-refractivity contribution in [3.8, 4) is 5.75 Å². The van der Waals surface area contributed by atoms with Crippen molar-refractivity contribution < 1.29 is 18.1 Å². The Labute approximate surface area is 162 Å². The summed E-state index contributed by atoms with van der Waals surface area (Å²) < 4.78 is 33.4. The summed E-state index contributed by atoms with van der Waals surface area (Å²) in [6, 6.07) is 14.8. The number of hydrogen-bond donors (Lipinski definition) is 0. The molecule has 28 heavy (non-hydrogen) atoms. The number of ether oxygens (including phenoxy) is 1. The van der Waals surface area contributed by atoms with Gasteiger partial charge in [-0.1, -0.05) is 24.3 Å². The average Bonchev–Trinajstić information content (AvgIpc) is 2.86. The van der Waals surface area contributed by atoms with Crippen LogP contribution < -0.4 is 9.04 Å². The normalized spacial score (nSPS) is 14.6. The zero-order valence-electron chi connectivity index (χ0n) is 15.3. The maximum Gasteiger partial charge on any atom is 0.270 e. The smallest absolute Gasteiger partial charge is 0.270 e. The Hall–Kier alpha value is -3.13. The molecule has 4 rings (SSSR count). The first kappa shape index (κ1) is 18.2. The maximum absolute atomic E-state index is 13.2. The number of benzene rings is 3. The van der Waals surface area contributed by atoms with Crippen LogP contribution in [0.2, 0.25) is 0 Å². The molecule has 0 bridgehead atoms. The molecule has 8 heteroatoms. The molecule has 0 spiro atoms. The quantitative estimate of drug-likeness (QED) is 0.474. The number of sulfonamides is 1. The van der Waals surface area contributed by atoms with Gasteiger partial charge in [-0.05, 0) is 37.4 Å². The average molecular weight is 398 g/mol. The van der Waals surface area contributed by atoms with Crippen molar-refractivity contribution in [3.63, 3.8) is 0 Å². The molecule has 1 aliphatic heterocycles. The molecular formula is C20H18N2O5S. The number of non-ortho nitro benzene ring substituents is 1. The molecular weight excluding hydrogens is 380 g/mol. The van der Waals surface area contributed by atoms with Crippen molar-refractivity contribution in [1.82, 2.24) is 0 Å². The number of nitro groups is 1. The van der Waals surface area contributed by atoms with Crippen molar-refractivity contribution >= 4 is 32.2 Å². The summed E-state index contributed by atoms with van der Waals surface area (Å²) in [6.45, 7) is 3.63. The molecule has 3 aromatic carbocycles. The van der Waals surface area contributed by atoms with E-state index in [1.807, 2.05) is 26.0 Å². The van der Waals surface area contributed by atoms with E-state index in [2.05, 4.69) is 0 Å². The lowest BCUT2D eigenvalue weighted by Crippen LogP contribution is -2.27. The highest BCUT2D eigenvalue weighted by atomic mass is 32.2. The van der Waals surface area contributed by atoms with E-state index >= 15 is 0 Å². The Balaban J connectivity index is 1.85. The molecule has 0 aromatic heterocycles. The number of nitro benzene ring substituents is 1. The van der Waals surface area contributed by atoms with Crippen molar-refractivity contribution in [2.24, 2.45) is 0 Å². The van der Waals surface area contributed by atoms with Crippen LogP contribution in [0.1, 0.15) is 19.4 Å². The molecule has 3 aromatic rings. The summed E-state index contributed by atoms with van der Waals surface area (Å²) in [5, 5.41) is 12.7. The van der Waals surface area contributed by atoms with Crippen molar-refractivity contribution in [2.45, 2.75) is 31.4 Å². The number of anilines is 1. The zero-order valence-corrected chi connectivity index (χ0v) is 16.1. The van der Waals surface area contributed by atoms with Crippen molar-refractivity contribution in [3.05, 3.63) is 70.3 Å². The molecule has 144 valence electrons. The first-order valence-electron chi connectivity index (χ1n) is 8.77. The van der Waals surface area contributed by atoms with Gasteiger partial charge < -0.3 is 4.74 Å². The standard InChI is InChI=1S/C20H18N2O5S/c1-13(2)27-18-10-9-16(22(23)24)11-15(18)12-21-17-7-3-5-14-6-4-8-19(20(14)17)28(21,25)26/h3-11,13H,12H2,1-2H3.